The Morgan fingerprint density at radius 1 is 1.30 bits per heavy atom. The Labute approximate surface area is 117 Å². The van der Waals surface area contributed by atoms with E-state index in [9.17, 15) is 4.79 Å². The number of primary amides is 1. The van der Waals surface area contributed by atoms with Gasteiger partial charge in [0.15, 0.2) is 0 Å². The lowest BCUT2D eigenvalue weighted by Crippen LogP contribution is -2.15. The lowest BCUT2D eigenvalue weighted by Gasteiger charge is -2.10. The molecule has 3 N–H and O–H groups in total. The van der Waals surface area contributed by atoms with Crippen LogP contribution in [0.4, 0.5) is 0 Å². The Bertz CT molecular complexity index is 585. The summed E-state index contributed by atoms with van der Waals surface area (Å²) in [6, 6.07) is 11.5. The first kappa shape index (κ1) is 14.0. The highest BCUT2D eigenvalue weighted by Crippen LogP contribution is 2.20. The van der Waals surface area contributed by atoms with E-state index in [-0.39, 0.29) is 18.8 Å². The topological polar surface area (TPSA) is 85.4 Å². The molecule has 0 bridgehead atoms. The zero-order chi connectivity index (χ0) is 14.4. The van der Waals surface area contributed by atoms with Crippen molar-refractivity contribution >= 4 is 5.91 Å². The molecule has 0 unspecified atom stereocenters. The molecular weight excluding hydrogens is 256 g/mol. The molecule has 0 aliphatic heterocycles. The molecule has 5 nitrogen and oxygen atoms in total. The monoisotopic (exact) mass is 272 g/mol. The van der Waals surface area contributed by atoms with Crippen molar-refractivity contribution < 1.29 is 14.6 Å². The molecule has 0 aliphatic carbocycles. The van der Waals surface area contributed by atoms with E-state index in [4.69, 9.17) is 15.6 Å². The van der Waals surface area contributed by atoms with E-state index in [2.05, 4.69) is 4.98 Å². The smallest absolute Gasteiger partial charge is 0.254 e. The Balaban J connectivity index is 2.24. The van der Waals surface area contributed by atoms with Crippen molar-refractivity contribution in [2.75, 3.05) is 13.2 Å². The molecule has 104 valence electrons. The molecule has 1 heterocycles. The van der Waals surface area contributed by atoms with Crippen LogP contribution in [0, 0.1) is 0 Å². The molecule has 0 spiro atoms. The van der Waals surface area contributed by atoms with Gasteiger partial charge in [0, 0.05) is 24.4 Å². The predicted molar refractivity (Wildman–Crippen MR) is 74.6 cm³/mol. The second-order valence-electron chi connectivity index (χ2n) is 4.27. The van der Waals surface area contributed by atoms with E-state index in [1.54, 1.807) is 6.07 Å². The van der Waals surface area contributed by atoms with E-state index in [1.165, 1.54) is 6.20 Å². The second kappa shape index (κ2) is 6.68. The molecule has 2 aromatic rings. The van der Waals surface area contributed by atoms with Crippen LogP contribution in [-0.4, -0.2) is 29.2 Å². The van der Waals surface area contributed by atoms with Gasteiger partial charge in [0.2, 0.25) is 0 Å². The van der Waals surface area contributed by atoms with Gasteiger partial charge in [-0.25, -0.2) is 0 Å². The number of ether oxygens (including phenoxy) is 1. The Hall–Kier alpha value is -2.40. The van der Waals surface area contributed by atoms with Gasteiger partial charge in [-0.2, -0.15) is 0 Å². The first-order valence-electron chi connectivity index (χ1n) is 6.27. The number of carbonyl (C=O) groups is 1. The number of amides is 1. The molecule has 0 radical (unpaired) electrons. The van der Waals surface area contributed by atoms with Gasteiger partial charge in [0.05, 0.1) is 12.2 Å². The molecular formula is C15H16N2O3. The Morgan fingerprint density at radius 3 is 2.70 bits per heavy atom. The highest BCUT2D eigenvalue weighted by molar-refractivity contribution is 5.95. The van der Waals surface area contributed by atoms with Crippen LogP contribution in [0.3, 0.4) is 0 Å². The maximum atomic E-state index is 11.3. The molecule has 0 atom stereocenters. The standard InChI is InChI=1S/C15H16N2O3/c16-15(19)13-10-17-12(9-14(13)20-7-6-18)8-11-4-2-1-3-5-11/h1-5,9-10,18H,6-8H2,(H2,16,19). The summed E-state index contributed by atoms with van der Waals surface area (Å²) < 4.78 is 5.34. The van der Waals surface area contributed by atoms with Gasteiger partial charge in [-0.15, -0.1) is 0 Å². The molecule has 0 saturated carbocycles. The normalized spacial score (nSPS) is 10.2. The largest absolute Gasteiger partial charge is 0.490 e. The summed E-state index contributed by atoms with van der Waals surface area (Å²) in [5.41, 5.74) is 7.37. The van der Waals surface area contributed by atoms with Crippen molar-refractivity contribution in [2.45, 2.75) is 6.42 Å². The summed E-state index contributed by atoms with van der Waals surface area (Å²) in [4.78, 5) is 15.5. The molecule has 1 amide bonds. The minimum Gasteiger partial charge on any atom is -0.490 e. The number of nitrogens with zero attached hydrogens (tertiary/aromatic N) is 1. The van der Waals surface area contributed by atoms with E-state index in [0.717, 1.165) is 11.3 Å². The van der Waals surface area contributed by atoms with Gasteiger partial charge in [0.25, 0.3) is 5.91 Å². The number of pyridine rings is 1. The molecule has 2 rings (SSSR count). The summed E-state index contributed by atoms with van der Waals surface area (Å²) >= 11 is 0. The average Bonchev–Trinajstić information content (AvgIpc) is 2.46. The lowest BCUT2D eigenvalue weighted by molar-refractivity contribution is 0.0994. The number of aromatic nitrogens is 1. The molecule has 20 heavy (non-hydrogen) atoms. The van der Waals surface area contributed by atoms with Crippen molar-refractivity contribution in [3.05, 3.63) is 59.4 Å². The number of carbonyl (C=O) groups excluding carboxylic acids is 1. The molecule has 0 aliphatic rings. The lowest BCUT2D eigenvalue weighted by atomic mass is 10.1. The van der Waals surface area contributed by atoms with Gasteiger partial charge in [0.1, 0.15) is 12.4 Å². The van der Waals surface area contributed by atoms with Crippen LogP contribution >= 0.6 is 0 Å². The maximum absolute atomic E-state index is 11.3. The van der Waals surface area contributed by atoms with E-state index in [0.29, 0.717) is 12.2 Å². The number of rotatable bonds is 6. The number of aliphatic hydroxyl groups excluding tert-OH is 1. The highest BCUT2D eigenvalue weighted by Gasteiger charge is 2.11. The summed E-state index contributed by atoms with van der Waals surface area (Å²) in [5.74, 6) is -0.246. The SMILES string of the molecule is NC(=O)c1cnc(Cc2ccccc2)cc1OCCO. The first-order valence-corrected chi connectivity index (χ1v) is 6.27. The van der Waals surface area contributed by atoms with Crippen LogP contribution in [-0.2, 0) is 6.42 Å². The summed E-state index contributed by atoms with van der Waals surface area (Å²) in [6.07, 6.45) is 2.04. The number of hydrogen-bond acceptors (Lipinski definition) is 4. The van der Waals surface area contributed by atoms with Crippen LogP contribution < -0.4 is 10.5 Å². The number of nitrogens with two attached hydrogens (primary N) is 1. The summed E-state index contributed by atoms with van der Waals surface area (Å²) in [7, 11) is 0. The van der Waals surface area contributed by atoms with E-state index in [1.807, 2.05) is 30.3 Å². The van der Waals surface area contributed by atoms with Crippen molar-refractivity contribution in [2.24, 2.45) is 5.73 Å². The van der Waals surface area contributed by atoms with Crippen LogP contribution in [0.15, 0.2) is 42.6 Å². The zero-order valence-corrected chi connectivity index (χ0v) is 11.0. The summed E-state index contributed by atoms with van der Waals surface area (Å²) in [6.45, 7) is -0.0242. The zero-order valence-electron chi connectivity index (χ0n) is 11.0. The quantitative estimate of drug-likeness (QED) is 0.825. The van der Waals surface area contributed by atoms with Crippen LogP contribution in [0.25, 0.3) is 0 Å². The van der Waals surface area contributed by atoms with Crippen LogP contribution in [0.5, 0.6) is 5.75 Å². The molecule has 1 aromatic carbocycles. The van der Waals surface area contributed by atoms with Crippen molar-refractivity contribution in [1.29, 1.82) is 0 Å². The first-order chi connectivity index (χ1) is 9.70. The molecule has 5 heteroatoms. The minimum atomic E-state index is -0.600. The highest BCUT2D eigenvalue weighted by atomic mass is 16.5. The van der Waals surface area contributed by atoms with E-state index < -0.39 is 5.91 Å². The van der Waals surface area contributed by atoms with Gasteiger partial charge in [-0.3, -0.25) is 9.78 Å². The Morgan fingerprint density at radius 2 is 2.05 bits per heavy atom. The third-order valence-electron chi connectivity index (χ3n) is 2.77. The minimum absolute atomic E-state index is 0.106. The summed E-state index contributed by atoms with van der Waals surface area (Å²) in [5, 5.41) is 8.80. The predicted octanol–water partition coefficient (Wildman–Crippen LogP) is 1.14. The van der Waals surface area contributed by atoms with E-state index >= 15 is 0 Å². The number of aliphatic hydroxyl groups is 1. The molecule has 0 fully saturated rings. The van der Waals surface area contributed by atoms with Crippen LogP contribution in [0.1, 0.15) is 21.6 Å². The Kier molecular flexibility index (Phi) is 4.68. The maximum Gasteiger partial charge on any atom is 0.254 e. The van der Waals surface area contributed by atoms with Crippen molar-refractivity contribution in [3.8, 4) is 5.75 Å². The van der Waals surface area contributed by atoms with Crippen LogP contribution in [0.2, 0.25) is 0 Å². The molecule has 1 aromatic heterocycles. The second-order valence-corrected chi connectivity index (χ2v) is 4.27. The van der Waals surface area contributed by atoms with Crippen molar-refractivity contribution in [3.63, 3.8) is 0 Å². The van der Waals surface area contributed by atoms with Gasteiger partial charge < -0.3 is 15.6 Å². The van der Waals surface area contributed by atoms with Gasteiger partial charge in [-0.05, 0) is 5.56 Å². The molecule has 0 saturated heterocycles. The van der Waals surface area contributed by atoms with Gasteiger partial charge >= 0.3 is 0 Å². The number of hydrogen-bond donors (Lipinski definition) is 2. The van der Waals surface area contributed by atoms with Crippen molar-refractivity contribution in [1.82, 2.24) is 4.98 Å². The fraction of sp³-hybridized carbons (Fsp3) is 0.200. The number of benzene rings is 1. The fourth-order valence-electron chi connectivity index (χ4n) is 1.84. The third-order valence-corrected chi connectivity index (χ3v) is 2.77. The third kappa shape index (κ3) is 3.55. The average molecular weight is 272 g/mol. The van der Waals surface area contributed by atoms with Gasteiger partial charge in [-0.1, -0.05) is 30.3 Å². The fourth-order valence-corrected chi connectivity index (χ4v) is 1.84.